The van der Waals surface area contributed by atoms with E-state index in [9.17, 15) is 4.79 Å². The van der Waals surface area contributed by atoms with E-state index in [-0.39, 0.29) is 6.09 Å². The van der Waals surface area contributed by atoms with Crippen molar-refractivity contribution in [2.45, 2.75) is 26.4 Å². The highest BCUT2D eigenvalue weighted by molar-refractivity contribution is 7.19. The molecule has 1 saturated heterocycles. The number of carbonyl (C=O) groups excluding carboxylic acids is 1. The Balaban J connectivity index is 1.89. The van der Waals surface area contributed by atoms with Crippen LogP contribution in [0, 0.1) is 6.57 Å². The summed E-state index contributed by atoms with van der Waals surface area (Å²) in [4.78, 5) is 18.9. The molecule has 8 heteroatoms. The lowest BCUT2D eigenvalue weighted by Crippen LogP contribution is -2.50. The lowest BCUT2D eigenvalue weighted by molar-refractivity contribution is 0.0240. The smallest absolute Gasteiger partial charge is 0.410 e. The first-order chi connectivity index (χ1) is 9.39. The number of carbonyl (C=O) groups is 1. The summed E-state index contributed by atoms with van der Waals surface area (Å²) in [5.74, 6) is 0. The highest BCUT2D eigenvalue weighted by Gasteiger charge is 2.27. The largest absolute Gasteiger partial charge is 0.444 e. The lowest BCUT2D eigenvalue weighted by atomic mass is 10.2. The van der Waals surface area contributed by atoms with Gasteiger partial charge in [0.1, 0.15) is 5.60 Å². The molecule has 0 bridgehead atoms. The number of hydrogen-bond donors (Lipinski definition) is 0. The highest BCUT2D eigenvalue weighted by atomic mass is 32.1. The minimum atomic E-state index is -0.474. The second-order valence-electron chi connectivity index (χ2n) is 5.43. The van der Waals surface area contributed by atoms with Crippen molar-refractivity contribution in [2.75, 3.05) is 31.1 Å². The number of hydrogen-bond acceptors (Lipinski definition) is 6. The van der Waals surface area contributed by atoms with E-state index >= 15 is 0 Å². The Morgan fingerprint density at radius 2 is 1.95 bits per heavy atom. The maximum absolute atomic E-state index is 11.9. The minimum Gasteiger partial charge on any atom is -0.444 e. The van der Waals surface area contributed by atoms with Crippen molar-refractivity contribution < 1.29 is 9.53 Å². The van der Waals surface area contributed by atoms with Gasteiger partial charge in [0.15, 0.2) is 0 Å². The summed E-state index contributed by atoms with van der Waals surface area (Å²) in [6.45, 7) is 15.0. The fraction of sp³-hybridized carbons (Fsp3) is 0.667. The summed E-state index contributed by atoms with van der Waals surface area (Å²) in [6.07, 6.45) is -0.281. The maximum atomic E-state index is 11.9. The zero-order valence-electron chi connectivity index (χ0n) is 11.8. The van der Waals surface area contributed by atoms with Crippen molar-refractivity contribution in [1.82, 2.24) is 15.1 Å². The Morgan fingerprint density at radius 1 is 1.30 bits per heavy atom. The Hall–Kier alpha value is -1.88. The van der Waals surface area contributed by atoms with Gasteiger partial charge >= 0.3 is 11.2 Å². The number of ether oxygens (including phenoxy) is 1. The third-order valence-electron chi connectivity index (χ3n) is 2.70. The molecule has 20 heavy (non-hydrogen) atoms. The third-order valence-corrected chi connectivity index (χ3v) is 3.58. The standard InChI is InChI=1S/C12H17N5O2S/c1-12(2,3)19-11(18)17-7-5-16(6-8-17)10-15-14-9(13-4)20-10/h5-8H2,1-3H3. The van der Waals surface area contributed by atoms with Gasteiger partial charge < -0.3 is 19.4 Å². The van der Waals surface area contributed by atoms with E-state index in [0.29, 0.717) is 31.3 Å². The second kappa shape index (κ2) is 5.63. The molecule has 7 nitrogen and oxygen atoms in total. The first kappa shape index (κ1) is 14.5. The fourth-order valence-corrected chi connectivity index (χ4v) is 2.47. The minimum absolute atomic E-state index is 0.281. The molecule has 0 unspecified atom stereocenters. The van der Waals surface area contributed by atoms with Gasteiger partial charge in [0.2, 0.25) is 5.13 Å². The van der Waals surface area contributed by atoms with Crippen molar-refractivity contribution in [2.24, 2.45) is 0 Å². The topological polar surface area (TPSA) is 62.9 Å². The maximum Gasteiger partial charge on any atom is 0.410 e. The van der Waals surface area contributed by atoms with E-state index in [1.165, 1.54) is 11.3 Å². The number of nitrogens with zero attached hydrogens (tertiary/aromatic N) is 5. The summed E-state index contributed by atoms with van der Waals surface area (Å²) < 4.78 is 5.34. The molecule has 1 amide bonds. The molecule has 1 aliphatic heterocycles. The SMILES string of the molecule is [C-]#[N+]c1nnc(N2CCN(C(=O)OC(C)(C)C)CC2)s1. The van der Waals surface area contributed by atoms with Crippen molar-refractivity contribution in [3.8, 4) is 0 Å². The van der Waals surface area contributed by atoms with Gasteiger partial charge in [-0.25, -0.2) is 4.79 Å². The average molecular weight is 295 g/mol. The molecule has 2 heterocycles. The predicted octanol–water partition coefficient (Wildman–Crippen LogP) is 2.15. The normalized spacial score (nSPS) is 15.9. The van der Waals surface area contributed by atoms with E-state index in [4.69, 9.17) is 11.3 Å². The van der Waals surface area contributed by atoms with Crippen LogP contribution in [-0.2, 0) is 4.74 Å². The van der Waals surface area contributed by atoms with Crippen LogP contribution in [0.2, 0.25) is 0 Å². The quantitative estimate of drug-likeness (QED) is 0.743. The van der Waals surface area contributed by atoms with E-state index in [1.807, 2.05) is 25.7 Å². The van der Waals surface area contributed by atoms with Crippen LogP contribution < -0.4 is 4.90 Å². The molecule has 1 aromatic heterocycles. The lowest BCUT2D eigenvalue weighted by Gasteiger charge is -2.35. The fourth-order valence-electron chi connectivity index (χ4n) is 1.79. The number of aromatic nitrogens is 2. The Kier molecular flexibility index (Phi) is 4.09. The summed E-state index contributed by atoms with van der Waals surface area (Å²) in [7, 11) is 0. The molecular weight excluding hydrogens is 278 g/mol. The predicted molar refractivity (Wildman–Crippen MR) is 76.2 cm³/mol. The zero-order valence-corrected chi connectivity index (χ0v) is 12.6. The summed E-state index contributed by atoms with van der Waals surface area (Å²) in [5.41, 5.74) is -0.474. The zero-order chi connectivity index (χ0) is 14.8. The van der Waals surface area contributed by atoms with Crippen molar-refractivity contribution in [1.29, 1.82) is 0 Å². The number of rotatable bonds is 1. The molecule has 0 aromatic carbocycles. The Labute approximate surface area is 122 Å². The molecule has 0 N–H and O–H groups in total. The van der Waals surface area contributed by atoms with Crippen LogP contribution in [-0.4, -0.2) is 53.0 Å². The highest BCUT2D eigenvalue weighted by Crippen LogP contribution is 2.26. The second-order valence-corrected chi connectivity index (χ2v) is 6.37. The summed E-state index contributed by atoms with van der Waals surface area (Å²) in [6, 6.07) is 0. The van der Waals surface area contributed by atoms with Crippen molar-refractivity contribution in [3.63, 3.8) is 0 Å². The molecule has 0 saturated carbocycles. The molecule has 0 radical (unpaired) electrons. The number of anilines is 1. The van der Waals surface area contributed by atoms with Crippen LogP contribution in [0.25, 0.3) is 4.85 Å². The van der Waals surface area contributed by atoms with E-state index < -0.39 is 5.60 Å². The monoisotopic (exact) mass is 295 g/mol. The Morgan fingerprint density at radius 3 is 2.45 bits per heavy atom. The first-order valence-corrected chi connectivity index (χ1v) is 7.14. The van der Waals surface area contributed by atoms with Crippen molar-refractivity contribution >= 4 is 27.7 Å². The van der Waals surface area contributed by atoms with E-state index in [0.717, 1.165) is 5.13 Å². The first-order valence-electron chi connectivity index (χ1n) is 6.33. The molecule has 0 atom stereocenters. The van der Waals surface area contributed by atoms with E-state index in [2.05, 4.69) is 15.0 Å². The van der Waals surface area contributed by atoms with Crippen LogP contribution in [0.1, 0.15) is 20.8 Å². The molecule has 1 fully saturated rings. The van der Waals surface area contributed by atoms with Crippen LogP contribution in [0.4, 0.5) is 15.1 Å². The van der Waals surface area contributed by atoms with Gasteiger partial charge in [0.25, 0.3) is 0 Å². The van der Waals surface area contributed by atoms with Gasteiger partial charge in [-0.05, 0) is 25.9 Å². The number of piperazine rings is 1. The summed E-state index contributed by atoms with van der Waals surface area (Å²) in [5, 5.41) is 8.84. The van der Waals surface area contributed by atoms with Gasteiger partial charge in [0, 0.05) is 31.3 Å². The molecule has 0 aliphatic carbocycles. The molecule has 2 rings (SSSR count). The van der Waals surface area contributed by atoms with Crippen LogP contribution in [0.15, 0.2) is 0 Å². The van der Waals surface area contributed by atoms with Gasteiger partial charge in [-0.15, -0.1) is 0 Å². The number of amides is 1. The summed E-state index contributed by atoms with van der Waals surface area (Å²) >= 11 is 1.27. The molecule has 0 spiro atoms. The molecule has 108 valence electrons. The third kappa shape index (κ3) is 3.57. The average Bonchev–Trinajstić information content (AvgIpc) is 2.85. The van der Waals surface area contributed by atoms with Gasteiger partial charge in [-0.2, -0.15) is 0 Å². The Bertz CT molecular complexity index is 523. The van der Waals surface area contributed by atoms with Crippen LogP contribution in [0.5, 0.6) is 0 Å². The van der Waals surface area contributed by atoms with E-state index in [1.54, 1.807) is 4.90 Å². The van der Waals surface area contributed by atoms with Gasteiger partial charge in [-0.3, -0.25) is 0 Å². The van der Waals surface area contributed by atoms with Gasteiger partial charge in [0.05, 0.1) is 0 Å². The van der Waals surface area contributed by atoms with Crippen LogP contribution >= 0.6 is 11.3 Å². The molecular formula is C12H17N5O2S. The molecule has 1 aliphatic rings. The molecule has 1 aromatic rings. The van der Waals surface area contributed by atoms with Crippen molar-refractivity contribution in [3.05, 3.63) is 11.4 Å². The van der Waals surface area contributed by atoms with Gasteiger partial charge in [-0.1, -0.05) is 17.9 Å². The van der Waals surface area contributed by atoms with Crippen LogP contribution in [0.3, 0.4) is 0 Å².